The quantitative estimate of drug-likeness (QED) is 0.492. The molecule has 0 saturated carbocycles. The average Bonchev–Trinajstić information content (AvgIpc) is 3.37. The zero-order valence-electron chi connectivity index (χ0n) is 18.9. The SMILES string of the molecule is Nc1nccc(-c2cnc(NCc3cccc(C(=O)NCC4CCOCC4)c3)c3c2OCC3)n1. The molecule has 0 spiro atoms. The molecule has 2 aliphatic heterocycles. The number of fused-ring (bicyclic) bond motifs is 1. The number of nitrogens with zero attached hydrogens (tertiary/aromatic N) is 3. The first-order chi connectivity index (χ1) is 16.7. The van der Waals surface area contributed by atoms with E-state index in [-0.39, 0.29) is 11.9 Å². The van der Waals surface area contributed by atoms with Gasteiger partial charge in [0.25, 0.3) is 5.91 Å². The van der Waals surface area contributed by atoms with Crippen LogP contribution >= 0.6 is 0 Å². The molecular weight excluding hydrogens is 432 g/mol. The first-order valence-corrected chi connectivity index (χ1v) is 11.6. The number of hydrogen-bond donors (Lipinski definition) is 3. The van der Waals surface area contributed by atoms with Crippen molar-refractivity contribution < 1.29 is 14.3 Å². The number of carbonyl (C=O) groups is 1. The van der Waals surface area contributed by atoms with Gasteiger partial charge in [0.1, 0.15) is 11.6 Å². The van der Waals surface area contributed by atoms with Crippen molar-refractivity contribution in [3.8, 4) is 17.0 Å². The monoisotopic (exact) mass is 460 g/mol. The Labute approximate surface area is 198 Å². The number of rotatable bonds is 7. The highest BCUT2D eigenvalue weighted by Gasteiger charge is 2.23. The highest BCUT2D eigenvalue weighted by molar-refractivity contribution is 5.94. The van der Waals surface area contributed by atoms with Gasteiger partial charge in [-0.3, -0.25) is 4.79 Å². The van der Waals surface area contributed by atoms with Crippen molar-refractivity contribution in [2.45, 2.75) is 25.8 Å². The van der Waals surface area contributed by atoms with E-state index in [0.29, 0.717) is 36.9 Å². The number of nitrogens with one attached hydrogen (secondary N) is 2. The fraction of sp³-hybridized carbons (Fsp3) is 0.360. The molecular formula is C25H28N6O3. The van der Waals surface area contributed by atoms with Crippen LogP contribution in [0.2, 0.25) is 0 Å². The summed E-state index contributed by atoms with van der Waals surface area (Å²) in [5.74, 6) is 2.20. The summed E-state index contributed by atoms with van der Waals surface area (Å²) in [6.45, 7) is 3.37. The number of pyridine rings is 1. The lowest BCUT2D eigenvalue weighted by atomic mass is 10.0. The molecule has 0 aliphatic carbocycles. The van der Waals surface area contributed by atoms with Crippen molar-refractivity contribution in [1.82, 2.24) is 20.3 Å². The highest BCUT2D eigenvalue weighted by Crippen LogP contribution is 2.39. The number of aromatic nitrogens is 3. The smallest absolute Gasteiger partial charge is 0.251 e. The molecule has 0 bridgehead atoms. The molecule has 4 heterocycles. The Balaban J connectivity index is 1.25. The minimum Gasteiger partial charge on any atom is -0.492 e. The minimum absolute atomic E-state index is 0.0470. The van der Waals surface area contributed by atoms with Crippen LogP contribution in [-0.4, -0.2) is 47.2 Å². The number of benzene rings is 1. The van der Waals surface area contributed by atoms with Gasteiger partial charge in [0, 0.05) is 56.2 Å². The van der Waals surface area contributed by atoms with E-state index in [1.165, 1.54) is 0 Å². The van der Waals surface area contributed by atoms with Gasteiger partial charge in [-0.15, -0.1) is 0 Å². The van der Waals surface area contributed by atoms with Gasteiger partial charge in [0.05, 0.1) is 17.9 Å². The molecule has 1 fully saturated rings. The summed E-state index contributed by atoms with van der Waals surface area (Å²) in [6.07, 6.45) is 6.11. The largest absolute Gasteiger partial charge is 0.492 e. The van der Waals surface area contributed by atoms with Gasteiger partial charge >= 0.3 is 0 Å². The second-order valence-electron chi connectivity index (χ2n) is 8.55. The van der Waals surface area contributed by atoms with E-state index in [0.717, 1.165) is 60.7 Å². The van der Waals surface area contributed by atoms with Crippen LogP contribution in [0.4, 0.5) is 11.8 Å². The topological polar surface area (TPSA) is 124 Å². The zero-order valence-corrected chi connectivity index (χ0v) is 18.9. The molecule has 2 aliphatic rings. The number of nitrogen functional groups attached to an aromatic ring is 1. The second-order valence-corrected chi connectivity index (χ2v) is 8.55. The number of carbonyl (C=O) groups excluding carboxylic acids is 1. The zero-order chi connectivity index (χ0) is 23.3. The molecule has 176 valence electrons. The maximum absolute atomic E-state index is 12.7. The second kappa shape index (κ2) is 10.0. The third kappa shape index (κ3) is 4.94. The molecule has 1 amide bonds. The Hall–Kier alpha value is -3.72. The molecule has 34 heavy (non-hydrogen) atoms. The van der Waals surface area contributed by atoms with Gasteiger partial charge in [0.15, 0.2) is 0 Å². The fourth-order valence-electron chi connectivity index (χ4n) is 4.34. The Morgan fingerprint density at radius 1 is 1.15 bits per heavy atom. The van der Waals surface area contributed by atoms with Crippen molar-refractivity contribution in [3.05, 3.63) is 59.4 Å². The molecule has 2 aromatic heterocycles. The molecule has 5 rings (SSSR count). The number of amides is 1. The van der Waals surface area contributed by atoms with Crippen molar-refractivity contribution in [1.29, 1.82) is 0 Å². The molecule has 9 heteroatoms. The van der Waals surface area contributed by atoms with E-state index in [1.54, 1.807) is 18.5 Å². The summed E-state index contributed by atoms with van der Waals surface area (Å²) in [5.41, 5.74) is 9.90. The van der Waals surface area contributed by atoms with Crippen molar-refractivity contribution in [3.63, 3.8) is 0 Å². The highest BCUT2D eigenvalue weighted by atomic mass is 16.5. The predicted octanol–water partition coefficient (Wildman–Crippen LogP) is 2.82. The molecule has 0 radical (unpaired) electrons. The summed E-state index contributed by atoms with van der Waals surface area (Å²) in [5, 5.41) is 6.47. The van der Waals surface area contributed by atoms with Gasteiger partial charge in [-0.2, -0.15) is 0 Å². The molecule has 4 N–H and O–H groups in total. The molecule has 9 nitrogen and oxygen atoms in total. The van der Waals surface area contributed by atoms with Gasteiger partial charge in [-0.05, 0) is 42.5 Å². The average molecular weight is 461 g/mol. The maximum atomic E-state index is 12.7. The Morgan fingerprint density at radius 3 is 2.88 bits per heavy atom. The normalized spacial score (nSPS) is 15.4. The molecule has 1 saturated heterocycles. The Morgan fingerprint density at radius 2 is 2.03 bits per heavy atom. The maximum Gasteiger partial charge on any atom is 0.251 e. The van der Waals surface area contributed by atoms with Crippen LogP contribution in [0.25, 0.3) is 11.3 Å². The van der Waals surface area contributed by atoms with Crippen molar-refractivity contribution in [2.75, 3.05) is 37.4 Å². The predicted molar refractivity (Wildman–Crippen MR) is 129 cm³/mol. The third-order valence-electron chi connectivity index (χ3n) is 6.22. The molecule has 1 aromatic carbocycles. The lowest BCUT2D eigenvalue weighted by Gasteiger charge is -2.22. The minimum atomic E-state index is -0.0470. The van der Waals surface area contributed by atoms with E-state index in [2.05, 4.69) is 25.6 Å². The van der Waals surface area contributed by atoms with Crippen LogP contribution in [0.3, 0.4) is 0 Å². The lowest BCUT2D eigenvalue weighted by Crippen LogP contribution is -2.32. The number of anilines is 2. The summed E-state index contributed by atoms with van der Waals surface area (Å²) < 4.78 is 11.3. The molecule has 3 aromatic rings. The van der Waals surface area contributed by atoms with Gasteiger partial charge in [0.2, 0.25) is 5.95 Å². The van der Waals surface area contributed by atoms with Crippen molar-refractivity contribution >= 4 is 17.7 Å². The van der Waals surface area contributed by atoms with E-state index >= 15 is 0 Å². The van der Waals surface area contributed by atoms with Gasteiger partial charge in [-0.1, -0.05) is 12.1 Å². The fourth-order valence-corrected chi connectivity index (χ4v) is 4.34. The third-order valence-corrected chi connectivity index (χ3v) is 6.22. The number of nitrogens with two attached hydrogens (primary N) is 1. The van der Waals surface area contributed by atoms with Crippen LogP contribution in [0.15, 0.2) is 42.7 Å². The van der Waals surface area contributed by atoms with Crippen LogP contribution < -0.4 is 21.1 Å². The summed E-state index contributed by atoms with van der Waals surface area (Å²) in [6, 6.07) is 9.46. The van der Waals surface area contributed by atoms with E-state index < -0.39 is 0 Å². The summed E-state index contributed by atoms with van der Waals surface area (Å²) in [7, 11) is 0. The first kappa shape index (κ1) is 22.1. The van der Waals surface area contributed by atoms with Crippen LogP contribution in [0, 0.1) is 5.92 Å². The Bertz CT molecular complexity index is 1180. The van der Waals surface area contributed by atoms with E-state index in [4.69, 9.17) is 15.2 Å². The summed E-state index contributed by atoms with van der Waals surface area (Å²) in [4.78, 5) is 25.5. The number of ether oxygens (including phenoxy) is 2. The standard InChI is InChI=1S/C25H28N6O3/c26-25-27-8-4-21(31-25)20-15-29-23(19-7-11-34-22(19)20)28-14-17-2-1-3-18(12-17)24(32)30-13-16-5-9-33-10-6-16/h1-4,8,12,15-16H,5-7,9-11,13-14H2,(H,28,29)(H,30,32)(H2,26,27,31). The first-order valence-electron chi connectivity index (χ1n) is 11.6. The Kier molecular flexibility index (Phi) is 6.53. The number of hydrogen-bond acceptors (Lipinski definition) is 8. The van der Waals surface area contributed by atoms with Crippen LogP contribution in [-0.2, 0) is 17.7 Å². The lowest BCUT2D eigenvalue weighted by molar-refractivity contribution is 0.0642. The van der Waals surface area contributed by atoms with Gasteiger partial charge in [-0.25, -0.2) is 15.0 Å². The van der Waals surface area contributed by atoms with Crippen LogP contribution in [0.5, 0.6) is 5.75 Å². The van der Waals surface area contributed by atoms with E-state index in [1.807, 2.05) is 24.3 Å². The van der Waals surface area contributed by atoms with E-state index in [9.17, 15) is 4.79 Å². The van der Waals surface area contributed by atoms with Crippen LogP contribution in [0.1, 0.15) is 34.3 Å². The van der Waals surface area contributed by atoms with Crippen molar-refractivity contribution in [2.24, 2.45) is 5.92 Å². The van der Waals surface area contributed by atoms with Gasteiger partial charge < -0.3 is 25.8 Å². The molecule has 0 atom stereocenters. The summed E-state index contributed by atoms with van der Waals surface area (Å²) >= 11 is 0. The molecule has 0 unspecified atom stereocenters.